The number of carbonyl (C=O) groups excluding carboxylic acids is 2. The van der Waals surface area contributed by atoms with Gasteiger partial charge in [0.1, 0.15) is 0 Å². The molecule has 2 amide bonds. The van der Waals surface area contributed by atoms with Gasteiger partial charge in [-0.3, -0.25) is 14.5 Å². The van der Waals surface area contributed by atoms with Crippen LogP contribution in [0.15, 0.2) is 54.6 Å². The molecule has 1 heterocycles. The fourth-order valence-corrected chi connectivity index (χ4v) is 2.01. The normalized spacial score (nSPS) is 16.4. The molecule has 18 heavy (non-hydrogen) atoms. The van der Waals surface area contributed by atoms with E-state index in [1.807, 2.05) is 6.07 Å². The number of hydrogen-bond donors (Lipinski definition) is 0. The lowest BCUT2D eigenvalue weighted by Gasteiger charge is -2.13. The number of carbonyl (C=O) groups is 2. The zero-order valence-corrected chi connectivity index (χ0v) is 9.54. The summed E-state index contributed by atoms with van der Waals surface area (Å²) in [6.45, 7) is -1.01. The highest BCUT2D eigenvalue weighted by Crippen LogP contribution is 2.23. The molecule has 3 nitrogen and oxygen atoms in total. The third kappa shape index (κ3) is 1.61. The molecule has 0 aromatic heterocycles. The summed E-state index contributed by atoms with van der Waals surface area (Å²) in [4.78, 5) is 25.4. The van der Waals surface area contributed by atoms with Crippen LogP contribution in [0.25, 0.3) is 0 Å². The summed E-state index contributed by atoms with van der Waals surface area (Å²) in [5, 5.41) is 0. The Morgan fingerprint density at radius 1 is 0.833 bits per heavy atom. The predicted octanol–water partition coefficient (Wildman–Crippen LogP) is 2.48. The van der Waals surface area contributed by atoms with Crippen molar-refractivity contribution >= 4 is 11.8 Å². The molecule has 1 atom stereocenters. The molecule has 3 heteroatoms. The van der Waals surface area contributed by atoms with Gasteiger partial charge in [-0.15, -0.1) is 0 Å². The number of hydrogen-bond acceptors (Lipinski definition) is 2. The second-order valence-corrected chi connectivity index (χ2v) is 4.07. The molecule has 0 saturated carbocycles. The molecule has 0 bridgehead atoms. The van der Waals surface area contributed by atoms with E-state index in [2.05, 4.69) is 0 Å². The highest BCUT2D eigenvalue weighted by molar-refractivity contribution is 6.21. The maximum atomic E-state index is 12.2. The van der Waals surface area contributed by atoms with Crippen molar-refractivity contribution in [2.24, 2.45) is 0 Å². The highest BCUT2D eigenvalue weighted by atomic mass is 16.2. The van der Waals surface area contributed by atoms with Gasteiger partial charge in [-0.2, -0.15) is 0 Å². The zero-order valence-electron chi connectivity index (χ0n) is 10.5. The van der Waals surface area contributed by atoms with Gasteiger partial charge in [-0.25, -0.2) is 0 Å². The third-order valence-corrected chi connectivity index (χ3v) is 2.90. The van der Waals surface area contributed by atoms with Gasteiger partial charge in [0.25, 0.3) is 11.8 Å². The smallest absolute Gasteiger partial charge is 0.261 e. The number of benzene rings is 2. The fourth-order valence-electron chi connectivity index (χ4n) is 2.01. The highest BCUT2D eigenvalue weighted by Gasteiger charge is 2.34. The van der Waals surface area contributed by atoms with Crippen LogP contribution >= 0.6 is 0 Å². The standard InChI is InChI=1S/C15H11NO2/c17-14-12-8-4-5-9-13(12)15(18)16(14)10-11-6-2-1-3-7-11/h1-9H,10H2/i10D/t10-/m0/s1. The average molecular weight is 238 g/mol. The van der Waals surface area contributed by atoms with Crippen molar-refractivity contribution in [2.75, 3.05) is 0 Å². The van der Waals surface area contributed by atoms with Crippen molar-refractivity contribution in [1.29, 1.82) is 0 Å². The maximum absolute atomic E-state index is 12.2. The van der Waals surface area contributed by atoms with Crippen LogP contribution in [0.3, 0.4) is 0 Å². The SMILES string of the molecule is [2H][C@@H](c1ccccc1)N1C(=O)c2ccccc2C1=O. The molecule has 0 aliphatic carbocycles. The van der Waals surface area contributed by atoms with E-state index in [-0.39, 0.29) is 0 Å². The van der Waals surface area contributed by atoms with Gasteiger partial charge in [0.15, 0.2) is 0 Å². The van der Waals surface area contributed by atoms with E-state index >= 15 is 0 Å². The first kappa shape index (κ1) is 9.59. The van der Waals surface area contributed by atoms with Crippen LogP contribution in [0.2, 0.25) is 0 Å². The van der Waals surface area contributed by atoms with E-state index in [9.17, 15) is 9.59 Å². The zero-order chi connectivity index (χ0) is 13.4. The summed E-state index contributed by atoms with van der Waals surface area (Å²) < 4.78 is 8.13. The van der Waals surface area contributed by atoms with Crippen molar-refractivity contribution < 1.29 is 11.0 Å². The second kappa shape index (κ2) is 4.11. The largest absolute Gasteiger partial charge is 0.270 e. The van der Waals surface area contributed by atoms with Gasteiger partial charge >= 0.3 is 0 Å². The molecule has 2 aromatic carbocycles. The molecule has 0 fully saturated rings. The quantitative estimate of drug-likeness (QED) is 0.754. The monoisotopic (exact) mass is 238 g/mol. The van der Waals surface area contributed by atoms with Crippen LogP contribution in [-0.2, 0) is 6.52 Å². The van der Waals surface area contributed by atoms with Crippen LogP contribution in [0, 0.1) is 0 Å². The summed E-state index contributed by atoms with van der Waals surface area (Å²) in [6, 6.07) is 15.6. The Morgan fingerprint density at radius 2 is 1.33 bits per heavy atom. The minimum Gasteiger partial charge on any atom is -0.270 e. The third-order valence-electron chi connectivity index (χ3n) is 2.90. The van der Waals surface area contributed by atoms with Gasteiger partial charge in [0.2, 0.25) is 0 Å². The second-order valence-electron chi connectivity index (χ2n) is 4.07. The predicted molar refractivity (Wildman–Crippen MR) is 67.1 cm³/mol. The number of nitrogens with zero attached hydrogens (tertiary/aromatic N) is 1. The first-order valence-electron chi connectivity index (χ1n) is 6.22. The summed E-state index contributed by atoms with van der Waals surface area (Å²) in [5.41, 5.74) is 1.37. The van der Waals surface area contributed by atoms with Crippen molar-refractivity contribution in [3.63, 3.8) is 0 Å². The Kier molecular flexibility index (Phi) is 2.19. The molecule has 1 aliphatic heterocycles. The Morgan fingerprint density at radius 3 is 1.89 bits per heavy atom. The number of amides is 2. The average Bonchev–Trinajstić information content (AvgIpc) is 2.72. The Bertz CT molecular complexity index is 619. The van der Waals surface area contributed by atoms with E-state index in [1.165, 1.54) is 0 Å². The van der Waals surface area contributed by atoms with E-state index in [0.717, 1.165) is 4.90 Å². The molecule has 2 aromatic rings. The van der Waals surface area contributed by atoms with Crippen molar-refractivity contribution in [3.8, 4) is 0 Å². The Hall–Kier alpha value is -2.42. The maximum Gasteiger partial charge on any atom is 0.261 e. The van der Waals surface area contributed by atoms with E-state index in [0.29, 0.717) is 16.7 Å². The molecule has 88 valence electrons. The van der Waals surface area contributed by atoms with Gasteiger partial charge in [-0.1, -0.05) is 42.5 Å². The topological polar surface area (TPSA) is 37.4 Å². The molecule has 0 spiro atoms. The molecule has 0 N–H and O–H groups in total. The molecule has 0 saturated heterocycles. The van der Waals surface area contributed by atoms with Crippen LogP contribution in [0.1, 0.15) is 27.7 Å². The molecule has 1 aliphatic rings. The Balaban J connectivity index is 2.01. The number of fused-ring (bicyclic) bond motifs is 1. The molecule has 0 radical (unpaired) electrons. The molecular formula is C15H11NO2. The lowest BCUT2D eigenvalue weighted by atomic mass is 10.1. The Labute approximate surface area is 106 Å². The van der Waals surface area contributed by atoms with Gasteiger partial charge in [0, 0.05) is 0 Å². The van der Waals surface area contributed by atoms with Gasteiger partial charge < -0.3 is 0 Å². The summed E-state index contributed by atoms with van der Waals surface area (Å²) in [6.07, 6.45) is 0. The van der Waals surface area contributed by atoms with Crippen molar-refractivity contribution in [2.45, 2.75) is 6.52 Å². The molecular weight excluding hydrogens is 226 g/mol. The van der Waals surface area contributed by atoms with Gasteiger partial charge in [-0.05, 0) is 17.7 Å². The number of rotatable bonds is 2. The minimum absolute atomic E-state index is 0.376. The summed E-state index contributed by atoms with van der Waals surface area (Å²) in [7, 11) is 0. The lowest BCUT2D eigenvalue weighted by Crippen LogP contribution is -2.29. The molecule has 0 unspecified atom stereocenters. The molecule has 3 rings (SSSR count). The minimum atomic E-state index is -1.01. The van der Waals surface area contributed by atoms with Crippen LogP contribution in [0.5, 0.6) is 0 Å². The fraction of sp³-hybridized carbons (Fsp3) is 0.0667. The van der Waals surface area contributed by atoms with Crippen molar-refractivity contribution in [1.82, 2.24) is 4.90 Å². The van der Waals surface area contributed by atoms with E-state index in [1.54, 1.807) is 48.5 Å². The first-order chi connectivity index (χ1) is 9.20. The van der Waals surface area contributed by atoms with Gasteiger partial charge in [0.05, 0.1) is 19.0 Å². The first-order valence-corrected chi connectivity index (χ1v) is 5.64. The summed E-state index contributed by atoms with van der Waals surface area (Å²) in [5.74, 6) is -0.797. The van der Waals surface area contributed by atoms with Crippen molar-refractivity contribution in [3.05, 3.63) is 71.3 Å². The lowest BCUT2D eigenvalue weighted by molar-refractivity contribution is 0.0642. The van der Waals surface area contributed by atoms with E-state index in [4.69, 9.17) is 1.37 Å². The van der Waals surface area contributed by atoms with Crippen LogP contribution < -0.4 is 0 Å². The summed E-state index contributed by atoms with van der Waals surface area (Å²) >= 11 is 0. The van der Waals surface area contributed by atoms with Crippen LogP contribution in [-0.4, -0.2) is 16.7 Å². The van der Waals surface area contributed by atoms with Crippen LogP contribution in [0.4, 0.5) is 0 Å². The van der Waals surface area contributed by atoms with E-state index < -0.39 is 18.3 Å². The number of imide groups is 1.